The van der Waals surface area contributed by atoms with Crippen LogP contribution in [0.25, 0.3) is 0 Å². The normalized spacial score (nSPS) is 13.1. The van der Waals surface area contributed by atoms with Gasteiger partial charge in [0.25, 0.3) is 11.8 Å². The smallest absolute Gasteiger partial charge is 0.251 e. The number of hydrogen-bond acceptors (Lipinski definition) is 6. The Bertz CT molecular complexity index is 2560. The Hall–Kier alpha value is -6.54. The molecule has 4 N–H and O–H groups in total. The van der Waals surface area contributed by atoms with Gasteiger partial charge in [0, 0.05) is 36.8 Å². The van der Waals surface area contributed by atoms with Crippen LogP contribution in [-0.2, 0) is 47.3 Å². The van der Waals surface area contributed by atoms with Crippen LogP contribution in [0.3, 0.4) is 0 Å². The molecule has 8 bridgehead atoms. The van der Waals surface area contributed by atoms with E-state index in [1.54, 1.807) is 24.3 Å². The fraction of sp³-hybridized carbons (Fsp3) is 0.387. The molecule has 0 saturated heterocycles. The molecule has 2 amide bonds. The van der Waals surface area contributed by atoms with Crippen molar-refractivity contribution in [3.05, 3.63) is 187 Å². The average molecular weight is 943 g/mol. The molecule has 0 heterocycles. The van der Waals surface area contributed by atoms with Crippen molar-refractivity contribution >= 4 is 11.8 Å². The van der Waals surface area contributed by atoms with Gasteiger partial charge in [-0.25, -0.2) is 0 Å². The molecule has 8 heteroatoms. The monoisotopic (exact) mass is 943 g/mol. The van der Waals surface area contributed by atoms with Gasteiger partial charge < -0.3 is 30.3 Å². The van der Waals surface area contributed by atoms with E-state index >= 15 is 0 Å². The van der Waals surface area contributed by atoms with Crippen LogP contribution in [0.15, 0.2) is 109 Å². The van der Waals surface area contributed by atoms with Gasteiger partial charge in [-0.2, -0.15) is 0 Å². The molecule has 8 nitrogen and oxygen atoms in total. The molecule has 7 rings (SSSR count). The maximum Gasteiger partial charge on any atom is 0.251 e. The summed E-state index contributed by atoms with van der Waals surface area (Å²) in [6, 6.07) is 35.6. The Kier molecular flexibility index (Phi) is 15.0. The van der Waals surface area contributed by atoms with E-state index in [4.69, 9.17) is 9.47 Å². The largest absolute Gasteiger partial charge is 0.507 e. The van der Waals surface area contributed by atoms with Gasteiger partial charge in [0.2, 0.25) is 0 Å². The summed E-state index contributed by atoms with van der Waals surface area (Å²) in [5, 5.41) is 31.4. The first-order valence-electron chi connectivity index (χ1n) is 24.8. The number of ether oxygens (including phenoxy) is 2. The van der Waals surface area contributed by atoms with Gasteiger partial charge in [-0.15, -0.1) is 0 Å². The van der Waals surface area contributed by atoms with E-state index in [2.05, 4.69) is 142 Å². The molecule has 6 aromatic carbocycles. The van der Waals surface area contributed by atoms with Crippen LogP contribution in [-0.4, -0.2) is 48.3 Å². The maximum atomic E-state index is 13.1. The fourth-order valence-electron chi connectivity index (χ4n) is 9.04. The van der Waals surface area contributed by atoms with Crippen molar-refractivity contribution in [1.82, 2.24) is 10.6 Å². The summed E-state index contributed by atoms with van der Waals surface area (Å²) in [4.78, 5) is 26.2. The highest BCUT2D eigenvalue weighted by Crippen LogP contribution is 2.44. The van der Waals surface area contributed by atoms with Crippen LogP contribution in [0.5, 0.6) is 23.0 Å². The molecule has 0 unspecified atom stereocenters. The Morgan fingerprint density at radius 2 is 0.657 bits per heavy atom. The lowest BCUT2D eigenvalue weighted by molar-refractivity contribution is 0.0939. The van der Waals surface area contributed by atoms with Gasteiger partial charge in [-0.05, 0) is 113 Å². The van der Waals surface area contributed by atoms with Crippen LogP contribution >= 0.6 is 0 Å². The predicted molar refractivity (Wildman–Crippen MR) is 284 cm³/mol. The second-order valence-corrected chi connectivity index (χ2v) is 23.2. The zero-order valence-corrected chi connectivity index (χ0v) is 43.6. The number of aromatic hydroxyl groups is 2. The molecule has 1 aliphatic carbocycles. The molecule has 0 fully saturated rings. The van der Waals surface area contributed by atoms with E-state index in [0.717, 1.165) is 66.8 Å². The molecule has 368 valence electrons. The lowest BCUT2D eigenvalue weighted by Crippen LogP contribution is -2.28. The number of hydrogen-bond donors (Lipinski definition) is 4. The molecular weight excluding hydrogens is 869 g/mol. The van der Waals surface area contributed by atoms with E-state index in [1.807, 2.05) is 36.4 Å². The summed E-state index contributed by atoms with van der Waals surface area (Å²) in [5.41, 5.74) is 11.2. The average Bonchev–Trinajstić information content (AvgIpc) is 3.28. The van der Waals surface area contributed by atoms with Gasteiger partial charge in [0.1, 0.15) is 36.2 Å². The second-order valence-electron chi connectivity index (χ2n) is 23.2. The van der Waals surface area contributed by atoms with Crippen molar-refractivity contribution in [3.63, 3.8) is 0 Å². The summed E-state index contributed by atoms with van der Waals surface area (Å²) in [6.45, 7) is 27.3. The second kappa shape index (κ2) is 20.4. The molecular formula is C62H74N2O6. The molecule has 0 saturated carbocycles. The minimum Gasteiger partial charge on any atom is -0.507 e. The third-order valence-corrected chi connectivity index (χ3v) is 13.3. The Morgan fingerprint density at radius 1 is 0.414 bits per heavy atom. The minimum atomic E-state index is -0.257. The summed E-state index contributed by atoms with van der Waals surface area (Å²) in [5.74, 6) is 1.42. The van der Waals surface area contributed by atoms with Gasteiger partial charge in [-0.1, -0.05) is 168 Å². The standard InChI is InChI=1S/C62H74N2O6/c1-59(2,3)49-31-41-27-45-35-51(61(7,8)9)37-47(55(45)69-25-23-63-57(67)39-19-15-13-16-20-39)29-43-33-50(60(4,5)6)34-44(54(43)66)30-48-38-52(62(10,11)12)36-46(28-42(32-49)53(41)65)56(48)70-26-24-64-58(68)40-21-17-14-18-22-40/h13-22,31-38,65-66H,23-30H2,1-12H3,(H,63,67)(H,64,68). The van der Waals surface area contributed by atoms with Gasteiger partial charge >= 0.3 is 0 Å². The molecule has 0 spiro atoms. The lowest BCUT2D eigenvalue weighted by Gasteiger charge is -2.28. The molecule has 70 heavy (non-hydrogen) atoms. The zero-order chi connectivity index (χ0) is 50.8. The van der Waals surface area contributed by atoms with Crippen LogP contribution in [0.4, 0.5) is 0 Å². The van der Waals surface area contributed by atoms with Gasteiger partial charge in [0.15, 0.2) is 0 Å². The van der Waals surface area contributed by atoms with Gasteiger partial charge in [0.05, 0.1) is 13.1 Å². The molecule has 1 aliphatic rings. The Balaban J connectivity index is 1.43. The third-order valence-electron chi connectivity index (χ3n) is 13.3. The van der Waals surface area contributed by atoms with E-state index in [9.17, 15) is 19.8 Å². The number of fused-ring (bicyclic) bond motifs is 8. The maximum absolute atomic E-state index is 13.1. The first kappa shape index (κ1) is 51.3. The summed E-state index contributed by atoms with van der Waals surface area (Å²) >= 11 is 0. The number of carbonyl (C=O) groups is 2. The van der Waals surface area contributed by atoms with Crippen molar-refractivity contribution in [2.75, 3.05) is 26.3 Å². The van der Waals surface area contributed by atoms with E-state index < -0.39 is 0 Å². The predicted octanol–water partition coefficient (Wildman–Crippen LogP) is 12.6. The molecule has 6 aromatic rings. The number of amides is 2. The highest BCUT2D eigenvalue weighted by atomic mass is 16.5. The summed E-state index contributed by atoms with van der Waals surface area (Å²) in [7, 11) is 0. The van der Waals surface area contributed by atoms with Crippen LogP contribution in [0.2, 0.25) is 0 Å². The highest BCUT2D eigenvalue weighted by molar-refractivity contribution is 5.94. The Labute approximate surface area is 416 Å². The number of benzene rings is 6. The first-order valence-corrected chi connectivity index (χ1v) is 24.8. The molecule has 0 atom stereocenters. The van der Waals surface area contributed by atoms with Crippen LogP contribution in [0.1, 0.15) is 171 Å². The summed E-state index contributed by atoms with van der Waals surface area (Å²) < 4.78 is 13.7. The van der Waals surface area contributed by atoms with Crippen molar-refractivity contribution in [3.8, 4) is 23.0 Å². The SMILES string of the molecule is CC(C)(C)c1cc2c(O)c(c1)Cc1cc(C(C)(C)C)cc(c1OCCNC(=O)c1ccccc1)Cc1cc(C(C)(C)C)cc(c1O)Cc1cc(C(C)(C)C)cc(c1OCCNC(=O)c1ccccc1)C2. The van der Waals surface area contributed by atoms with Crippen molar-refractivity contribution in [2.45, 2.75) is 130 Å². The number of rotatable bonds is 10. The number of carbonyl (C=O) groups excluding carboxylic acids is 2. The lowest BCUT2D eigenvalue weighted by atomic mass is 9.79. The van der Waals surface area contributed by atoms with E-state index in [1.165, 1.54) is 0 Å². The van der Waals surface area contributed by atoms with E-state index in [-0.39, 0.29) is 71.3 Å². The third kappa shape index (κ3) is 12.2. The van der Waals surface area contributed by atoms with E-state index in [0.29, 0.717) is 48.3 Å². The molecule has 0 radical (unpaired) electrons. The quantitative estimate of drug-likeness (QED) is 0.102. The summed E-state index contributed by atoms with van der Waals surface area (Å²) in [6.07, 6.45) is 1.45. The first-order chi connectivity index (χ1) is 32.9. The topological polar surface area (TPSA) is 117 Å². The van der Waals surface area contributed by atoms with Crippen LogP contribution < -0.4 is 20.1 Å². The zero-order valence-electron chi connectivity index (χ0n) is 43.6. The minimum absolute atomic E-state index is 0.176. The Morgan fingerprint density at radius 3 is 0.900 bits per heavy atom. The number of nitrogens with one attached hydrogen (secondary N) is 2. The number of phenols is 2. The van der Waals surface area contributed by atoms with Crippen LogP contribution in [0, 0.1) is 0 Å². The van der Waals surface area contributed by atoms with Crippen molar-refractivity contribution in [1.29, 1.82) is 0 Å². The number of phenolic OH excluding ortho intramolecular Hbond substituents is 2. The fourth-order valence-corrected chi connectivity index (χ4v) is 9.04. The van der Waals surface area contributed by atoms with Crippen molar-refractivity contribution in [2.24, 2.45) is 0 Å². The highest BCUT2D eigenvalue weighted by Gasteiger charge is 2.29. The molecule has 0 aromatic heterocycles. The molecule has 0 aliphatic heterocycles. The van der Waals surface area contributed by atoms with Gasteiger partial charge in [-0.3, -0.25) is 9.59 Å². The van der Waals surface area contributed by atoms with Crippen molar-refractivity contribution < 1.29 is 29.3 Å².